The van der Waals surface area contributed by atoms with Gasteiger partial charge in [-0.25, -0.2) is 0 Å². The van der Waals surface area contributed by atoms with Gasteiger partial charge < -0.3 is 5.11 Å². The smallest absolute Gasteiger partial charge is 0.188 e. The van der Waals surface area contributed by atoms with Gasteiger partial charge in [0.2, 0.25) is 0 Å². The molecule has 2 aromatic rings. The van der Waals surface area contributed by atoms with Crippen LogP contribution < -0.4 is 9.59 Å². The lowest BCUT2D eigenvalue weighted by molar-refractivity contribution is -0.269. The molecule has 1 aliphatic carbocycles. The molecule has 2 atom stereocenters. The summed E-state index contributed by atoms with van der Waals surface area (Å²) in [4.78, 5) is 0. The van der Waals surface area contributed by atoms with Crippen LogP contribution in [0.5, 0.6) is 5.75 Å². The normalized spacial score (nSPS) is 20.4. The van der Waals surface area contributed by atoms with Crippen LogP contribution in [0.4, 0.5) is 5.00 Å². The molecule has 3 heteroatoms. The predicted molar refractivity (Wildman–Crippen MR) is 93.5 cm³/mol. The Labute approximate surface area is 137 Å². The van der Waals surface area contributed by atoms with E-state index in [1.54, 1.807) is 6.07 Å². The number of rotatable bonds is 5. The zero-order valence-electron chi connectivity index (χ0n) is 13.5. The Bertz CT molecular complexity index is 622. The molecule has 0 amide bonds. The first-order valence-corrected chi connectivity index (χ1v) is 9.28. The summed E-state index contributed by atoms with van der Waals surface area (Å²) >= 11 is 1.88. The van der Waals surface area contributed by atoms with Crippen molar-refractivity contribution in [2.45, 2.75) is 45.6 Å². The summed E-state index contributed by atoms with van der Waals surface area (Å²) in [6.45, 7) is 6.91. The molecular weight excluding hydrogens is 290 g/mol. The molecule has 2 unspecified atom stereocenters. The van der Waals surface area contributed by atoms with Crippen LogP contribution in [-0.2, 0) is 12.8 Å². The standard InChI is InChI=1S/C19H25NOS/c1-3-12-20(4-2,19-9-6-13-22-19)16-10-11-17-15(14-16)7-5-8-18(17)21/h5-9,13,16H,3-4,10-12,14H2,1-2H3. The topological polar surface area (TPSA) is 23.1 Å². The highest BCUT2D eigenvalue weighted by molar-refractivity contribution is 7.13. The zero-order valence-corrected chi connectivity index (χ0v) is 14.4. The van der Waals surface area contributed by atoms with Crippen LogP contribution in [0.2, 0.25) is 0 Å². The van der Waals surface area contributed by atoms with E-state index in [4.69, 9.17) is 0 Å². The second-order valence-electron chi connectivity index (χ2n) is 6.32. The van der Waals surface area contributed by atoms with Gasteiger partial charge >= 0.3 is 0 Å². The monoisotopic (exact) mass is 315 g/mol. The third-order valence-electron chi connectivity index (χ3n) is 5.24. The van der Waals surface area contributed by atoms with E-state index in [0.29, 0.717) is 6.04 Å². The fraction of sp³-hybridized carbons (Fsp3) is 0.474. The molecule has 0 saturated carbocycles. The number of fused-ring (bicyclic) bond motifs is 1. The minimum atomic E-state index is 0.233. The molecule has 0 bridgehead atoms. The van der Waals surface area contributed by atoms with Gasteiger partial charge in [0.25, 0.3) is 0 Å². The Morgan fingerprint density at radius 2 is 2.09 bits per heavy atom. The quantitative estimate of drug-likeness (QED) is 0.761. The van der Waals surface area contributed by atoms with Gasteiger partial charge in [-0.05, 0) is 36.8 Å². The molecular formula is C19H25NOS. The Morgan fingerprint density at radius 3 is 2.77 bits per heavy atom. The van der Waals surface area contributed by atoms with Crippen molar-refractivity contribution in [3.63, 3.8) is 0 Å². The number of benzene rings is 1. The van der Waals surface area contributed by atoms with Gasteiger partial charge in [0.05, 0.1) is 19.1 Å². The molecule has 118 valence electrons. The van der Waals surface area contributed by atoms with Crippen LogP contribution >= 0.6 is 11.3 Å². The summed E-state index contributed by atoms with van der Waals surface area (Å²) in [6, 6.07) is 10.9. The Hall–Kier alpha value is -1.32. The molecule has 0 spiro atoms. The first-order chi connectivity index (χ1) is 10.7. The van der Waals surface area contributed by atoms with Crippen molar-refractivity contribution in [1.29, 1.82) is 0 Å². The first kappa shape index (κ1) is 15.6. The summed E-state index contributed by atoms with van der Waals surface area (Å²) in [7, 11) is 0. The van der Waals surface area contributed by atoms with Crippen molar-refractivity contribution >= 4 is 16.3 Å². The summed E-state index contributed by atoms with van der Waals surface area (Å²) in [5.41, 5.74) is 2.35. The fourth-order valence-electron chi connectivity index (χ4n) is 4.14. The van der Waals surface area contributed by atoms with Crippen LogP contribution in [0.15, 0.2) is 35.7 Å². The number of likely N-dealkylation sites (N-methyl/N-ethyl adjacent to an activating group) is 1. The van der Waals surface area contributed by atoms with Gasteiger partial charge in [0, 0.05) is 18.9 Å². The van der Waals surface area contributed by atoms with Crippen molar-refractivity contribution in [1.82, 2.24) is 4.48 Å². The van der Waals surface area contributed by atoms with E-state index in [0.717, 1.165) is 35.9 Å². The number of hydrogen-bond acceptors (Lipinski definition) is 2. The van der Waals surface area contributed by atoms with Crippen molar-refractivity contribution < 1.29 is 5.11 Å². The third kappa shape index (κ3) is 2.57. The average Bonchev–Trinajstić information content (AvgIpc) is 3.07. The SMILES string of the molecule is CCC[N+](CC)(c1cccs1)C1CCc2c([O-])cccc2C1. The molecule has 1 aromatic carbocycles. The van der Waals surface area contributed by atoms with E-state index < -0.39 is 0 Å². The zero-order chi connectivity index (χ0) is 15.6. The minimum Gasteiger partial charge on any atom is -0.872 e. The van der Waals surface area contributed by atoms with Crippen molar-refractivity contribution in [3.05, 3.63) is 46.8 Å². The highest BCUT2D eigenvalue weighted by atomic mass is 32.1. The maximum absolute atomic E-state index is 12.0. The van der Waals surface area contributed by atoms with E-state index >= 15 is 0 Å². The highest BCUT2D eigenvalue weighted by Crippen LogP contribution is 2.38. The summed E-state index contributed by atoms with van der Waals surface area (Å²) < 4.78 is 1.08. The lowest BCUT2D eigenvalue weighted by Gasteiger charge is -2.45. The molecule has 22 heavy (non-hydrogen) atoms. The minimum absolute atomic E-state index is 0.233. The lowest BCUT2D eigenvalue weighted by atomic mass is 9.85. The molecule has 0 fully saturated rings. The Morgan fingerprint density at radius 1 is 1.23 bits per heavy atom. The van der Waals surface area contributed by atoms with E-state index in [2.05, 4.69) is 37.4 Å². The molecule has 0 radical (unpaired) electrons. The van der Waals surface area contributed by atoms with Crippen LogP contribution in [0.3, 0.4) is 0 Å². The molecule has 0 aliphatic heterocycles. The fourth-order valence-corrected chi connectivity index (χ4v) is 5.18. The van der Waals surface area contributed by atoms with Gasteiger partial charge in [-0.3, -0.25) is 4.48 Å². The molecule has 1 aliphatic rings. The van der Waals surface area contributed by atoms with Gasteiger partial charge in [0.15, 0.2) is 5.00 Å². The van der Waals surface area contributed by atoms with E-state index in [1.165, 1.54) is 23.5 Å². The molecule has 1 aromatic heterocycles. The second kappa shape index (κ2) is 6.43. The second-order valence-corrected chi connectivity index (χ2v) is 7.24. The van der Waals surface area contributed by atoms with E-state index in [9.17, 15) is 5.11 Å². The maximum Gasteiger partial charge on any atom is 0.188 e. The van der Waals surface area contributed by atoms with Crippen LogP contribution in [0.1, 0.15) is 37.8 Å². The summed E-state index contributed by atoms with van der Waals surface area (Å²) in [6.07, 6.45) is 4.29. The third-order valence-corrected chi connectivity index (χ3v) is 6.28. The maximum atomic E-state index is 12.0. The van der Waals surface area contributed by atoms with E-state index in [-0.39, 0.29) is 5.75 Å². The number of hydrogen-bond donors (Lipinski definition) is 0. The van der Waals surface area contributed by atoms with Crippen molar-refractivity contribution in [3.8, 4) is 5.75 Å². The van der Waals surface area contributed by atoms with Crippen LogP contribution in [0, 0.1) is 0 Å². The van der Waals surface area contributed by atoms with Crippen LogP contribution in [-0.4, -0.2) is 19.1 Å². The number of nitrogens with zero attached hydrogens (tertiary/aromatic N) is 1. The summed E-state index contributed by atoms with van der Waals surface area (Å²) in [5, 5.41) is 15.7. The molecule has 0 saturated heterocycles. The van der Waals surface area contributed by atoms with Gasteiger partial charge in [0.1, 0.15) is 0 Å². The molecule has 3 rings (SSSR count). The summed E-state index contributed by atoms with van der Waals surface area (Å²) in [5.74, 6) is 0.233. The molecule has 0 N–H and O–H groups in total. The van der Waals surface area contributed by atoms with Crippen molar-refractivity contribution in [2.24, 2.45) is 0 Å². The average molecular weight is 315 g/mol. The molecule has 1 heterocycles. The largest absolute Gasteiger partial charge is 0.872 e. The number of thiophene rings is 1. The van der Waals surface area contributed by atoms with Gasteiger partial charge in [-0.1, -0.05) is 42.0 Å². The van der Waals surface area contributed by atoms with Gasteiger partial charge in [-0.2, -0.15) is 0 Å². The Kier molecular flexibility index (Phi) is 4.55. The van der Waals surface area contributed by atoms with Crippen molar-refractivity contribution in [2.75, 3.05) is 13.1 Å². The highest BCUT2D eigenvalue weighted by Gasteiger charge is 2.39. The van der Waals surface area contributed by atoms with E-state index in [1.807, 2.05) is 17.4 Å². The van der Waals surface area contributed by atoms with Gasteiger partial charge in [-0.15, -0.1) is 5.75 Å². The first-order valence-electron chi connectivity index (χ1n) is 8.40. The number of quaternary nitrogens is 1. The predicted octanol–water partition coefficient (Wildman–Crippen LogP) is 4.12. The molecule has 2 nitrogen and oxygen atoms in total. The lowest BCUT2D eigenvalue weighted by Crippen LogP contribution is -2.58. The Balaban J connectivity index is 1.97. The van der Waals surface area contributed by atoms with Crippen LogP contribution in [0.25, 0.3) is 0 Å².